The van der Waals surface area contributed by atoms with Gasteiger partial charge in [-0.15, -0.1) is 24.2 Å². The van der Waals surface area contributed by atoms with Gasteiger partial charge in [-0.1, -0.05) is 30.7 Å². The van der Waals surface area contributed by atoms with E-state index < -0.39 is 0 Å². The zero-order chi connectivity index (χ0) is 22.6. The minimum Gasteiger partial charge on any atom is -0.508 e. The van der Waals surface area contributed by atoms with Gasteiger partial charge >= 0.3 is 0 Å². The van der Waals surface area contributed by atoms with Crippen LogP contribution in [0.2, 0.25) is 0 Å². The summed E-state index contributed by atoms with van der Waals surface area (Å²) >= 11 is 1.66. The number of fused-ring (bicyclic) bond motifs is 1. The summed E-state index contributed by atoms with van der Waals surface area (Å²) in [5.41, 5.74) is 2.11. The summed E-state index contributed by atoms with van der Waals surface area (Å²) in [7, 11) is 0. The Morgan fingerprint density at radius 1 is 0.853 bits per heavy atom. The Morgan fingerprint density at radius 2 is 1.53 bits per heavy atom. The van der Waals surface area contributed by atoms with Crippen molar-refractivity contribution in [3.63, 3.8) is 0 Å². The molecule has 0 saturated carbocycles. The second-order valence-electron chi connectivity index (χ2n) is 8.62. The lowest BCUT2D eigenvalue weighted by Gasteiger charge is -2.34. The molecule has 2 N–H and O–H groups in total. The summed E-state index contributed by atoms with van der Waals surface area (Å²) in [5, 5.41) is 19.6. The highest BCUT2D eigenvalue weighted by Gasteiger charge is 2.33. The van der Waals surface area contributed by atoms with Gasteiger partial charge < -0.3 is 19.7 Å². The maximum atomic E-state index is 9.93. The SMILES string of the molecule is Cl.Oc1ccc(C2Sc3cc(O)ccc3OC2c2ccc(OCCN3CCCCC3)cc2)cc1. The molecule has 7 heteroatoms. The molecule has 1 fully saturated rings. The van der Waals surface area contributed by atoms with Crippen LogP contribution < -0.4 is 9.47 Å². The van der Waals surface area contributed by atoms with E-state index in [9.17, 15) is 10.2 Å². The van der Waals surface area contributed by atoms with Crippen LogP contribution in [0.15, 0.2) is 71.6 Å². The van der Waals surface area contributed by atoms with E-state index in [0.29, 0.717) is 6.61 Å². The Bertz CT molecular complexity index is 1070. The van der Waals surface area contributed by atoms with Crippen LogP contribution in [-0.4, -0.2) is 41.4 Å². The molecule has 0 amide bonds. The second-order valence-corrected chi connectivity index (χ2v) is 9.80. The summed E-state index contributed by atoms with van der Waals surface area (Å²) in [6.45, 7) is 4.02. The number of hydrogen-bond donors (Lipinski definition) is 2. The molecular weight excluding hydrogens is 470 g/mol. The van der Waals surface area contributed by atoms with E-state index in [1.807, 2.05) is 30.3 Å². The molecule has 2 aliphatic heterocycles. The van der Waals surface area contributed by atoms with E-state index in [-0.39, 0.29) is 35.3 Å². The number of ether oxygens (including phenoxy) is 2. The van der Waals surface area contributed by atoms with Gasteiger partial charge in [-0.2, -0.15) is 0 Å². The van der Waals surface area contributed by atoms with E-state index in [0.717, 1.165) is 34.1 Å². The van der Waals surface area contributed by atoms with Gasteiger partial charge in [-0.25, -0.2) is 0 Å². The molecule has 0 spiro atoms. The first-order valence-corrected chi connectivity index (χ1v) is 12.4. The van der Waals surface area contributed by atoms with Crippen LogP contribution in [0.5, 0.6) is 23.0 Å². The number of hydrogen-bond acceptors (Lipinski definition) is 6. The topological polar surface area (TPSA) is 62.2 Å². The Kier molecular flexibility index (Phi) is 8.14. The van der Waals surface area contributed by atoms with Crippen molar-refractivity contribution in [2.75, 3.05) is 26.2 Å². The third kappa shape index (κ3) is 5.74. The smallest absolute Gasteiger partial charge is 0.140 e. The molecule has 0 radical (unpaired) electrons. The quantitative estimate of drug-likeness (QED) is 0.412. The van der Waals surface area contributed by atoms with Crippen LogP contribution in [-0.2, 0) is 0 Å². The summed E-state index contributed by atoms with van der Waals surface area (Å²) in [6.07, 6.45) is 3.72. The number of benzene rings is 3. The maximum absolute atomic E-state index is 9.93. The van der Waals surface area contributed by atoms with Crippen LogP contribution in [0, 0.1) is 0 Å². The monoisotopic (exact) mass is 499 g/mol. The Labute approximate surface area is 211 Å². The largest absolute Gasteiger partial charge is 0.508 e. The van der Waals surface area contributed by atoms with E-state index >= 15 is 0 Å². The number of aromatic hydroxyl groups is 2. The number of likely N-dealkylation sites (tertiary alicyclic amines) is 1. The molecule has 2 heterocycles. The summed E-state index contributed by atoms with van der Waals surface area (Å²) < 4.78 is 12.4. The highest BCUT2D eigenvalue weighted by atomic mass is 35.5. The minimum atomic E-state index is -0.209. The Morgan fingerprint density at radius 3 is 2.26 bits per heavy atom. The lowest BCUT2D eigenvalue weighted by Crippen LogP contribution is -2.33. The first kappa shape index (κ1) is 24.6. The summed E-state index contributed by atoms with van der Waals surface area (Å²) in [5.74, 6) is 2.09. The van der Waals surface area contributed by atoms with Crippen molar-refractivity contribution < 1.29 is 19.7 Å². The van der Waals surface area contributed by atoms with E-state index in [2.05, 4.69) is 17.0 Å². The fourth-order valence-corrected chi connectivity index (χ4v) is 5.79. The van der Waals surface area contributed by atoms with Gasteiger partial charge in [0.1, 0.15) is 35.7 Å². The van der Waals surface area contributed by atoms with Crippen molar-refractivity contribution in [2.24, 2.45) is 0 Å². The van der Waals surface area contributed by atoms with Crippen molar-refractivity contribution in [1.29, 1.82) is 0 Å². The number of phenolic OH excluding ortho intramolecular Hbond substituents is 2. The zero-order valence-corrected chi connectivity index (χ0v) is 20.6. The first-order valence-electron chi connectivity index (χ1n) is 11.6. The molecular formula is C27H30ClNO4S. The van der Waals surface area contributed by atoms with Crippen molar-refractivity contribution in [1.82, 2.24) is 4.90 Å². The molecule has 0 aliphatic carbocycles. The molecule has 1 saturated heterocycles. The molecule has 2 unspecified atom stereocenters. The Hall–Kier alpha value is -2.54. The molecule has 3 aromatic carbocycles. The number of piperidine rings is 1. The number of phenols is 2. The Balaban J connectivity index is 0.00000274. The third-order valence-corrected chi connectivity index (χ3v) is 7.61. The van der Waals surface area contributed by atoms with Crippen LogP contribution in [0.3, 0.4) is 0 Å². The highest BCUT2D eigenvalue weighted by molar-refractivity contribution is 7.99. The van der Waals surface area contributed by atoms with Crippen molar-refractivity contribution in [2.45, 2.75) is 35.5 Å². The average molecular weight is 500 g/mol. The van der Waals surface area contributed by atoms with Gasteiger partial charge in [0.15, 0.2) is 0 Å². The van der Waals surface area contributed by atoms with Gasteiger partial charge in [-0.3, -0.25) is 4.90 Å². The van der Waals surface area contributed by atoms with E-state index in [4.69, 9.17) is 9.47 Å². The fourth-order valence-electron chi connectivity index (χ4n) is 4.46. The number of nitrogens with zero attached hydrogens (tertiary/aromatic N) is 1. The van der Waals surface area contributed by atoms with Gasteiger partial charge in [0.2, 0.25) is 0 Å². The molecule has 5 nitrogen and oxygen atoms in total. The second kappa shape index (κ2) is 11.3. The van der Waals surface area contributed by atoms with E-state index in [1.54, 1.807) is 36.0 Å². The first-order chi connectivity index (χ1) is 16.2. The van der Waals surface area contributed by atoms with Crippen molar-refractivity contribution in [3.8, 4) is 23.0 Å². The molecule has 0 bridgehead atoms. The van der Waals surface area contributed by atoms with E-state index in [1.165, 1.54) is 32.4 Å². The molecule has 0 aromatic heterocycles. The predicted octanol–water partition coefficient (Wildman–Crippen LogP) is 6.35. The summed E-state index contributed by atoms with van der Waals surface area (Å²) in [6, 6.07) is 20.6. The van der Waals surface area contributed by atoms with Gasteiger partial charge in [0.25, 0.3) is 0 Å². The lowest BCUT2D eigenvalue weighted by molar-refractivity contribution is 0.182. The van der Waals surface area contributed by atoms with Gasteiger partial charge in [0, 0.05) is 6.54 Å². The van der Waals surface area contributed by atoms with Crippen LogP contribution >= 0.6 is 24.2 Å². The summed E-state index contributed by atoms with van der Waals surface area (Å²) in [4.78, 5) is 3.38. The van der Waals surface area contributed by atoms with Crippen molar-refractivity contribution in [3.05, 3.63) is 77.9 Å². The molecule has 2 aliphatic rings. The van der Waals surface area contributed by atoms with Crippen molar-refractivity contribution >= 4 is 24.2 Å². The third-order valence-electron chi connectivity index (χ3n) is 6.27. The number of rotatable bonds is 6. The molecule has 3 aromatic rings. The standard InChI is InChI=1S/C27H29NO4S.ClH/c29-21-8-4-20(5-9-21)27-26(32-24-13-10-22(30)18-25(24)33-27)19-6-11-23(12-7-19)31-17-16-28-14-2-1-3-15-28;/h4-13,18,26-27,29-30H,1-3,14-17H2;1H. The van der Waals surface area contributed by atoms with Crippen LogP contribution in [0.4, 0.5) is 0 Å². The number of thioether (sulfide) groups is 1. The lowest BCUT2D eigenvalue weighted by atomic mass is 10.00. The van der Waals surface area contributed by atoms with Crippen LogP contribution in [0.25, 0.3) is 0 Å². The minimum absolute atomic E-state index is 0. The van der Waals surface area contributed by atoms with Gasteiger partial charge in [0.05, 0.1) is 10.1 Å². The average Bonchev–Trinajstić information content (AvgIpc) is 2.85. The zero-order valence-electron chi connectivity index (χ0n) is 18.9. The maximum Gasteiger partial charge on any atom is 0.140 e. The molecule has 34 heavy (non-hydrogen) atoms. The normalized spacial score (nSPS) is 20.0. The molecule has 180 valence electrons. The van der Waals surface area contributed by atoms with Gasteiger partial charge in [-0.05, 0) is 79.5 Å². The van der Waals surface area contributed by atoms with Crippen LogP contribution in [0.1, 0.15) is 41.7 Å². The highest BCUT2D eigenvalue weighted by Crippen LogP contribution is 2.54. The number of halogens is 1. The molecule has 2 atom stereocenters. The fraction of sp³-hybridized carbons (Fsp3) is 0.333. The predicted molar refractivity (Wildman–Crippen MR) is 138 cm³/mol. The molecule has 5 rings (SSSR count).